The number of nitrogens with two attached hydrogens (primary N) is 1. The van der Waals surface area contributed by atoms with Gasteiger partial charge >= 0.3 is 0 Å². The maximum Gasteiger partial charge on any atom is 0.243 e. The molecule has 5 N–H and O–H groups in total. The van der Waals surface area contributed by atoms with E-state index in [2.05, 4.69) is 16.0 Å². The molecule has 2 atom stereocenters. The van der Waals surface area contributed by atoms with Gasteiger partial charge in [0.25, 0.3) is 0 Å². The van der Waals surface area contributed by atoms with Crippen LogP contribution in [0.3, 0.4) is 0 Å². The highest BCUT2D eigenvalue weighted by Crippen LogP contribution is 2.08. The van der Waals surface area contributed by atoms with Crippen LogP contribution in [-0.2, 0) is 19.2 Å². The minimum atomic E-state index is -0.778. The van der Waals surface area contributed by atoms with Crippen molar-refractivity contribution in [3.8, 4) is 0 Å². The summed E-state index contributed by atoms with van der Waals surface area (Å²) < 4.78 is 0. The molecule has 0 aromatic heterocycles. The monoisotopic (exact) mass is 354 g/mol. The summed E-state index contributed by atoms with van der Waals surface area (Å²) in [6.07, 6.45) is 3.08. The Kier molecular flexibility index (Phi) is 8.94. The van der Waals surface area contributed by atoms with Crippen molar-refractivity contribution in [1.82, 2.24) is 16.0 Å². The smallest absolute Gasteiger partial charge is 0.243 e. The summed E-state index contributed by atoms with van der Waals surface area (Å²) in [4.78, 5) is 47.8. The van der Waals surface area contributed by atoms with Gasteiger partial charge in [-0.2, -0.15) is 0 Å². The molecule has 0 spiro atoms. The second-order valence-electron chi connectivity index (χ2n) is 6.91. The van der Waals surface area contributed by atoms with Crippen LogP contribution < -0.4 is 21.7 Å². The Bertz CT molecular complexity index is 493. The lowest BCUT2D eigenvalue weighted by molar-refractivity contribution is -0.131. The van der Waals surface area contributed by atoms with Crippen LogP contribution in [0.25, 0.3) is 0 Å². The van der Waals surface area contributed by atoms with Gasteiger partial charge in [0.15, 0.2) is 0 Å². The summed E-state index contributed by atoms with van der Waals surface area (Å²) >= 11 is 0. The molecule has 25 heavy (non-hydrogen) atoms. The molecule has 1 aliphatic rings. The van der Waals surface area contributed by atoms with Gasteiger partial charge in [-0.15, -0.1) is 0 Å². The van der Waals surface area contributed by atoms with E-state index in [1.165, 1.54) is 0 Å². The molecule has 2 unspecified atom stereocenters. The van der Waals surface area contributed by atoms with Gasteiger partial charge in [-0.3, -0.25) is 19.2 Å². The number of hydrogen-bond donors (Lipinski definition) is 4. The van der Waals surface area contributed by atoms with Crippen LogP contribution in [0.4, 0.5) is 0 Å². The normalized spacial score (nSPS) is 24.5. The Morgan fingerprint density at radius 2 is 1.76 bits per heavy atom. The topological polar surface area (TPSA) is 130 Å². The van der Waals surface area contributed by atoms with Crippen molar-refractivity contribution in [2.75, 3.05) is 6.54 Å². The lowest BCUT2D eigenvalue weighted by Gasteiger charge is -2.23. The molecule has 1 rings (SSSR count). The van der Waals surface area contributed by atoms with Gasteiger partial charge in [-0.05, 0) is 38.0 Å². The van der Waals surface area contributed by atoms with Crippen molar-refractivity contribution >= 4 is 23.6 Å². The van der Waals surface area contributed by atoms with Gasteiger partial charge in [-0.1, -0.05) is 13.8 Å². The van der Waals surface area contributed by atoms with E-state index < -0.39 is 23.9 Å². The molecule has 0 radical (unpaired) electrons. The quantitative estimate of drug-likeness (QED) is 0.566. The Balaban J connectivity index is 2.84. The highest BCUT2D eigenvalue weighted by molar-refractivity contribution is 5.91. The van der Waals surface area contributed by atoms with E-state index in [1.807, 2.05) is 13.8 Å². The first kappa shape index (κ1) is 20.9. The number of rotatable bonds is 3. The maximum atomic E-state index is 12.5. The lowest BCUT2D eigenvalue weighted by Crippen LogP contribution is -2.53. The third-order valence-corrected chi connectivity index (χ3v) is 4.07. The zero-order valence-electron chi connectivity index (χ0n) is 15.1. The van der Waals surface area contributed by atoms with Gasteiger partial charge < -0.3 is 21.7 Å². The largest absolute Gasteiger partial charge is 0.368 e. The molecular formula is C17H30N4O4. The van der Waals surface area contributed by atoms with Crippen molar-refractivity contribution < 1.29 is 19.2 Å². The molecule has 0 aromatic carbocycles. The summed E-state index contributed by atoms with van der Waals surface area (Å²) in [5.41, 5.74) is 5.38. The average molecular weight is 354 g/mol. The van der Waals surface area contributed by atoms with Crippen LogP contribution in [0.5, 0.6) is 0 Å². The summed E-state index contributed by atoms with van der Waals surface area (Å²) in [7, 11) is 0. The third-order valence-electron chi connectivity index (χ3n) is 4.07. The van der Waals surface area contributed by atoms with Crippen LogP contribution >= 0.6 is 0 Å². The van der Waals surface area contributed by atoms with E-state index in [-0.39, 0.29) is 30.6 Å². The van der Waals surface area contributed by atoms with Crippen LogP contribution in [0.15, 0.2) is 0 Å². The highest BCUT2D eigenvalue weighted by atomic mass is 16.2. The second-order valence-corrected chi connectivity index (χ2v) is 6.91. The molecule has 8 heteroatoms. The van der Waals surface area contributed by atoms with Crippen LogP contribution in [0.2, 0.25) is 0 Å². The Morgan fingerprint density at radius 3 is 2.40 bits per heavy atom. The molecular weight excluding hydrogens is 324 g/mol. The zero-order valence-corrected chi connectivity index (χ0v) is 15.1. The fraction of sp³-hybridized carbons (Fsp3) is 0.765. The number of primary amides is 1. The standard InChI is InChI=1S/C17H30N4O4/c1-11(2)10-13-17(25)21-12(16(18)24)6-3-4-9-19-14(22)7-5-8-15(23)20-13/h11-13H,3-10H2,1-2H3,(H2,18,24)(H,19,22)(H,20,23)(H,21,25). The molecule has 1 fully saturated rings. The lowest BCUT2D eigenvalue weighted by atomic mass is 10.0. The first-order valence-electron chi connectivity index (χ1n) is 8.95. The molecule has 1 heterocycles. The highest BCUT2D eigenvalue weighted by Gasteiger charge is 2.26. The second kappa shape index (κ2) is 10.7. The minimum Gasteiger partial charge on any atom is -0.368 e. The van der Waals surface area contributed by atoms with Crippen LogP contribution in [-0.4, -0.2) is 42.3 Å². The molecule has 1 aliphatic heterocycles. The summed E-state index contributed by atoms with van der Waals surface area (Å²) in [5.74, 6) is -1.18. The van der Waals surface area contributed by atoms with Crippen molar-refractivity contribution in [1.29, 1.82) is 0 Å². The van der Waals surface area contributed by atoms with E-state index in [0.29, 0.717) is 38.6 Å². The van der Waals surface area contributed by atoms with E-state index >= 15 is 0 Å². The molecule has 142 valence electrons. The molecule has 0 bridgehead atoms. The Hall–Kier alpha value is -2.12. The van der Waals surface area contributed by atoms with Gasteiger partial charge in [0.05, 0.1) is 0 Å². The van der Waals surface area contributed by atoms with Gasteiger partial charge in [0, 0.05) is 19.4 Å². The third kappa shape index (κ3) is 8.51. The van der Waals surface area contributed by atoms with Crippen molar-refractivity contribution in [2.45, 2.75) is 70.9 Å². The van der Waals surface area contributed by atoms with E-state index in [9.17, 15) is 19.2 Å². The predicted molar refractivity (Wildman–Crippen MR) is 93.2 cm³/mol. The molecule has 8 nitrogen and oxygen atoms in total. The molecule has 4 amide bonds. The fourth-order valence-electron chi connectivity index (χ4n) is 2.73. The minimum absolute atomic E-state index is 0.0953. The molecule has 0 aromatic rings. The average Bonchev–Trinajstić information content (AvgIpc) is 2.51. The van der Waals surface area contributed by atoms with E-state index in [4.69, 9.17) is 5.73 Å². The van der Waals surface area contributed by atoms with Crippen molar-refractivity contribution in [2.24, 2.45) is 11.7 Å². The predicted octanol–water partition coefficient (Wildman–Crippen LogP) is -0.0422. The SMILES string of the molecule is CC(C)CC1NC(=O)CCCC(=O)NCCCCC(C(N)=O)NC1=O. The first-order valence-corrected chi connectivity index (χ1v) is 8.95. The summed E-state index contributed by atoms with van der Waals surface area (Å²) in [5, 5.41) is 8.14. The fourth-order valence-corrected chi connectivity index (χ4v) is 2.73. The Labute approximate surface area is 148 Å². The number of hydrogen-bond acceptors (Lipinski definition) is 4. The van der Waals surface area contributed by atoms with Gasteiger partial charge in [-0.25, -0.2) is 0 Å². The number of carbonyl (C=O) groups excluding carboxylic acids is 4. The first-order chi connectivity index (χ1) is 11.8. The van der Waals surface area contributed by atoms with E-state index in [0.717, 1.165) is 0 Å². The number of amides is 4. The summed E-state index contributed by atoms with van der Waals surface area (Å²) in [6, 6.07) is -1.49. The molecule has 0 aliphatic carbocycles. The summed E-state index contributed by atoms with van der Waals surface area (Å²) in [6.45, 7) is 4.40. The molecule has 1 saturated heterocycles. The van der Waals surface area contributed by atoms with Crippen LogP contribution in [0, 0.1) is 5.92 Å². The maximum absolute atomic E-state index is 12.5. The van der Waals surface area contributed by atoms with Crippen molar-refractivity contribution in [3.63, 3.8) is 0 Å². The van der Waals surface area contributed by atoms with Crippen molar-refractivity contribution in [3.05, 3.63) is 0 Å². The molecule has 0 saturated carbocycles. The number of nitrogens with one attached hydrogen (secondary N) is 3. The van der Waals surface area contributed by atoms with Gasteiger partial charge in [0.1, 0.15) is 12.1 Å². The number of carbonyl (C=O) groups is 4. The van der Waals surface area contributed by atoms with Gasteiger partial charge in [0.2, 0.25) is 23.6 Å². The van der Waals surface area contributed by atoms with Crippen LogP contribution in [0.1, 0.15) is 58.8 Å². The Morgan fingerprint density at radius 1 is 1.08 bits per heavy atom. The van der Waals surface area contributed by atoms with E-state index in [1.54, 1.807) is 0 Å². The zero-order chi connectivity index (χ0) is 18.8.